The Morgan fingerprint density at radius 1 is 1.54 bits per heavy atom. The first-order valence-corrected chi connectivity index (χ1v) is 5.64. The van der Waals surface area contributed by atoms with Crippen LogP contribution in [0.1, 0.15) is 19.8 Å². The van der Waals surface area contributed by atoms with E-state index in [-0.39, 0.29) is 18.5 Å². The first kappa shape index (κ1) is 10.5. The number of carbonyl (C=O) groups is 1. The van der Waals surface area contributed by atoms with Crippen molar-refractivity contribution in [2.24, 2.45) is 5.92 Å². The number of rotatable bonds is 2. The molecule has 0 aliphatic carbocycles. The molecular formula is C10H14O2S. The van der Waals surface area contributed by atoms with Crippen LogP contribution in [0.4, 0.5) is 0 Å². The van der Waals surface area contributed by atoms with E-state index in [1.165, 1.54) is 0 Å². The second-order valence-electron chi connectivity index (χ2n) is 2.92. The summed E-state index contributed by atoms with van der Waals surface area (Å²) in [5.41, 5.74) is 0. The van der Waals surface area contributed by atoms with Crippen molar-refractivity contribution in [2.75, 3.05) is 18.1 Å². The van der Waals surface area contributed by atoms with Gasteiger partial charge in [-0.2, -0.15) is 11.8 Å². The highest BCUT2D eigenvalue weighted by Gasteiger charge is 2.22. The molecule has 72 valence electrons. The summed E-state index contributed by atoms with van der Waals surface area (Å²) in [6.07, 6.45) is 1.92. The van der Waals surface area contributed by atoms with Crippen LogP contribution in [0.3, 0.4) is 0 Å². The molecule has 1 rings (SSSR count). The zero-order valence-corrected chi connectivity index (χ0v) is 8.65. The molecule has 0 N–H and O–H groups in total. The van der Waals surface area contributed by atoms with Gasteiger partial charge in [0.25, 0.3) is 0 Å². The highest BCUT2D eigenvalue weighted by molar-refractivity contribution is 7.99. The Hall–Kier alpha value is -0.620. The van der Waals surface area contributed by atoms with Gasteiger partial charge < -0.3 is 4.74 Å². The number of thioether (sulfide) groups is 1. The summed E-state index contributed by atoms with van der Waals surface area (Å²) in [6, 6.07) is 0. The molecule has 0 atom stereocenters. The molecule has 0 aromatic rings. The maximum atomic E-state index is 11.4. The molecule has 0 unspecified atom stereocenters. The molecule has 0 saturated carbocycles. The molecule has 0 radical (unpaired) electrons. The van der Waals surface area contributed by atoms with Gasteiger partial charge in [-0.3, -0.25) is 4.79 Å². The largest absolute Gasteiger partial charge is 0.452 e. The maximum Gasteiger partial charge on any atom is 0.309 e. The molecule has 1 heterocycles. The van der Waals surface area contributed by atoms with Crippen LogP contribution in [0.15, 0.2) is 0 Å². The van der Waals surface area contributed by atoms with Crippen molar-refractivity contribution in [1.82, 2.24) is 0 Å². The molecule has 0 aromatic carbocycles. The summed E-state index contributed by atoms with van der Waals surface area (Å²) < 4.78 is 5.00. The van der Waals surface area contributed by atoms with Crippen molar-refractivity contribution >= 4 is 17.7 Å². The van der Waals surface area contributed by atoms with Gasteiger partial charge in [-0.15, -0.1) is 5.92 Å². The lowest BCUT2D eigenvalue weighted by Crippen LogP contribution is -2.22. The smallest absolute Gasteiger partial charge is 0.309 e. The second-order valence-corrected chi connectivity index (χ2v) is 4.15. The SMILES string of the molecule is CC#CCOC(=O)C1CCSCC1. The Morgan fingerprint density at radius 2 is 2.23 bits per heavy atom. The second kappa shape index (κ2) is 5.93. The van der Waals surface area contributed by atoms with E-state index < -0.39 is 0 Å². The van der Waals surface area contributed by atoms with Crippen LogP contribution < -0.4 is 0 Å². The Morgan fingerprint density at radius 3 is 2.85 bits per heavy atom. The minimum atomic E-state index is -0.0666. The molecule has 0 bridgehead atoms. The van der Waals surface area contributed by atoms with E-state index in [1.807, 2.05) is 11.8 Å². The molecule has 1 aliphatic rings. The fraction of sp³-hybridized carbons (Fsp3) is 0.700. The van der Waals surface area contributed by atoms with Gasteiger partial charge in [0, 0.05) is 0 Å². The average Bonchev–Trinajstić information content (AvgIpc) is 2.19. The van der Waals surface area contributed by atoms with Gasteiger partial charge in [-0.25, -0.2) is 0 Å². The Balaban J connectivity index is 2.23. The van der Waals surface area contributed by atoms with E-state index in [2.05, 4.69) is 11.8 Å². The van der Waals surface area contributed by atoms with Crippen molar-refractivity contribution in [3.63, 3.8) is 0 Å². The lowest BCUT2D eigenvalue weighted by molar-refractivity contribution is -0.147. The molecule has 0 aromatic heterocycles. The first-order chi connectivity index (χ1) is 6.34. The highest BCUT2D eigenvalue weighted by Crippen LogP contribution is 2.23. The van der Waals surface area contributed by atoms with Crippen LogP contribution in [0.5, 0.6) is 0 Å². The molecular weight excluding hydrogens is 184 g/mol. The van der Waals surface area contributed by atoms with Crippen LogP contribution in [-0.4, -0.2) is 24.1 Å². The van der Waals surface area contributed by atoms with Gasteiger partial charge in [-0.05, 0) is 31.3 Å². The molecule has 1 aliphatic heterocycles. The number of ether oxygens (including phenoxy) is 1. The molecule has 1 fully saturated rings. The van der Waals surface area contributed by atoms with E-state index in [0.29, 0.717) is 0 Å². The standard InChI is InChI=1S/C10H14O2S/c1-2-3-6-12-10(11)9-4-7-13-8-5-9/h9H,4-8H2,1H3. The zero-order valence-electron chi connectivity index (χ0n) is 7.84. The average molecular weight is 198 g/mol. The Labute approximate surface area is 83.4 Å². The fourth-order valence-electron chi connectivity index (χ4n) is 1.23. The van der Waals surface area contributed by atoms with E-state index in [4.69, 9.17) is 4.74 Å². The molecule has 3 heteroatoms. The third-order valence-corrected chi connectivity index (χ3v) is 3.07. The van der Waals surface area contributed by atoms with E-state index in [1.54, 1.807) is 6.92 Å². The molecule has 1 saturated heterocycles. The van der Waals surface area contributed by atoms with Crippen molar-refractivity contribution in [3.8, 4) is 11.8 Å². The molecule has 13 heavy (non-hydrogen) atoms. The number of hydrogen-bond donors (Lipinski definition) is 0. The van der Waals surface area contributed by atoms with Crippen LogP contribution >= 0.6 is 11.8 Å². The predicted octanol–water partition coefficient (Wildman–Crippen LogP) is 1.70. The fourth-order valence-corrected chi connectivity index (χ4v) is 2.34. The quantitative estimate of drug-likeness (QED) is 0.499. The Kier molecular flexibility index (Phi) is 4.77. The van der Waals surface area contributed by atoms with Crippen LogP contribution in [-0.2, 0) is 9.53 Å². The normalized spacial score (nSPS) is 17.3. The van der Waals surface area contributed by atoms with E-state index >= 15 is 0 Å². The first-order valence-electron chi connectivity index (χ1n) is 4.48. The molecule has 0 amide bonds. The van der Waals surface area contributed by atoms with E-state index in [9.17, 15) is 4.79 Å². The number of hydrogen-bond acceptors (Lipinski definition) is 3. The van der Waals surface area contributed by atoms with Crippen LogP contribution in [0.2, 0.25) is 0 Å². The van der Waals surface area contributed by atoms with Gasteiger partial charge in [-0.1, -0.05) is 5.92 Å². The minimum Gasteiger partial charge on any atom is -0.452 e. The predicted molar refractivity (Wildman–Crippen MR) is 54.5 cm³/mol. The maximum absolute atomic E-state index is 11.4. The lowest BCUT2D eigenvalue weighted by atomic mass is 10.0. The zero-order chi connectivity index (χ0) is 9.52. The topological polar surface area (TPSA) is 26.3 Å². The van der Waals surface area contributed by atoms with Gasteiger partial charge in [0.2, 0.25) is 0 Å². The summed E-state index contributed by atoms with van der Waals surface area (Å²) in [6.45, 7) is 1.99. The van der Waals surface area contributed by atoms with Crippen molar-refractivity contribution < 1.29 is 9.53 Å². The van der Waals surface area contributed by atoms with Crippen molar-refractivity contribution in [1.29, 1.82) is 0 Å². The van der Waals surface area contributed by atoms with Gasteiger partial charge >= 0.3 is 5.97 Å². The summed E-state index contributed by atoms with van der Waals surface area (Å²) in [5, 5.41) is 0. The van der Waals surface area contributed by atoms with E-state index in [0.717, 1.165) is 24.3 Å². The Bertz CT molecular complexity index is 221. The third-order valence-electron chi connectivity index (χ3n) is 2.02. The number of esters is 1. The van der Waals surface area contributed by atoms with Gasteiger partial charge in [0.15, 0.2) is 6.61 Å². The minimum absolute atomic E-state index is 0.0666. The van der Waals surface area contributed by atoms with Crippen LogP contribution in [0.25, 0.3) is 0 Å². The van der Waals surface area contributed by atoms with Gasteiger partial charge in [0.1, 0.15) is 0 Å². The van der Waals surface area contributed by atoms with Crippen molar-refractivity contribution in [2.45, 2.75) is 19.8 Å². The van der Waals surface area contributed by atoms with Crippen LogP contribution in [0, 0.1) is 17.8 Å². The molecule has 0 spiro atoms. The monoisotopic (exact) mass is 198 g/mol. The third kappa shape index (κ3) is 3.73. The highest BCUT2D eigenvalue weighted by atomic mass is 32.2. The lowest BCUT2D eigenvalue weighted by Gasteiger charge is -2.18. The molecule has 2 nitrogen and oxygen atoms in total. The summed E-state index contributed by atoms with van der Waals surface area (Å²) in [4.78, 5) is 11.4. The van der Waals surface area contributed by atoms with Gasteiger partial charge in [0.05, 0.1) is 5.92 Å². The summed E-state index contributed by atoms with van der Waals surface area (Å²) >= 11 is 1.91. The summed E-state index contributed by atoms with van der Waals surface area (Å²) in [5.74, 6) is 7.64. The summed E-state index contributed by atoms with van der Waals surface area (Å²) in [7, 11) is 0. The van der Waals surface area contributed by atoms with Crippen molar-refractivity contribution in [3.05, 3.63) is 0 Å². The number of carbonyl (C=O) groups excluding carboxylic acids is 1.